The van der Waals surface area contributed by atoms with Gasteiger partial charge in [-0.05, 0) is 24.3 Å². The number of aliphatic hydroxyl groups is 2. The van der Waals surface area contributed by atoms with Crippen molar-refractivity contribution in [2.75, 3.05) is 0 Å². The monoisotopic (exact) mass is 278 g/mol. The Labute approximate surface area is 104 Å². The van der Waals surface area contributed by atoms with Gasteiger partial charge >= 0.3 is 0 Å². The summed E-state index contributed by atoms with van der Waals surface area (Å²) in [6, 6.07) is 1.14. The molecule has 2 unspecified atom stereocenters. The third-order valence-corrected chi connectivity index (χ3v) is 2.84. The van der Waals surface area contributed by atoms with E-state index >= 15 is 0 Å². The minimum Gasteiger partial charge on any atom is -0.382 e. The molecule has 2 rings (SSSR count). The molecule has 2 atom stereocenters. The summed E-state index contributed by atoms with van der Waals surface area (Å²) in [6.07, 6.45) is -1.44. The van der Waals surface area contributed by atoms with Gasteiger partial charge in [0.25, 0.3) is 0 Å². The van der Waals surface area contributed by atoms with Crippen molar-refractivity contribution in [2.24, 2.45) is 0 Å². The van der Waals surface area contributed by atoms with Gasteiger partial charge in [0.1, 0.15) is 11.7 Å². The summed E-state index contributed by atoms with van der Waals surface area (Å²) in [5, 5.41) is 19.4. The first-order valence-corrected chi connectivity index (χ1v) is 5.08. The van der Waals surface area contributed by atoms with E-state index < -0.39 is 46.4 Å². The van der Waals surface area contributed by atoms with E-state index in [1.54, 1.807) is 0 Å². The fourth-order valence-corrected chi connectivity index (χ4v) is 1.77. The van der Waals surface area contributed by atoms with Crippen LogP contribution in [0.5, 0.6) is 0 Å². The number of halogens is 5. The van der Waals surface area contributed by atoms with Crippen molar-refractivity contribution in [3.8, 4) is 0 Å². The Morgan fingerprint density at radius 3 is 2.26 bits per heavy atom. The van der Waals surface area contributed by atoms with E-state index in [0.29, 0.717) is 24.3 Å². The molecular weight excluding hydrogens is 271 g/mol. The number of rotatable bonds is 1. The first-order chi connectivity index (χ1) is 8.79. The summed E-state index contributed by atoms with van der Waals surface area (Å²) in [4.78, 5) is 0. The highest BCUT2D eigenvalue weighted by atomic mass is 19.2. The van der Waals surface area contributed by atoms with Crippen LogP contribution in [0.3, 0.4) is 0 Å². The van der Waals surface area contributed by atoms with Crippen LogP contribution in [0.25, 0.3) is 0 Å². The van der Waals surface area contributed by atoms with Crippen LogP contribution in [-0.2, 0) is 5.60 Å². The van der Waals surface area contributed by atoms with E-state index in [-0.39, 0.29) is 0 Å². The van der Waals surface area contributed by atoms with Crippen LogP contribution in [-0.4, -0.2) is 16.3 Å². The van der Waals surface area contributed by atoms with Gasteiger partial charge in [-0.1, -0.05) is 0 Å². The molecule has 0 spiro atoms. The van der Waals surface area contributed by atoms with Crippen molar-refractivity contribution in [1.29, 1.82) is 0 Å². The molecule has 0 radical (unpaired) electrons. The molecule has 0 aromatic heterocycles. The second-order valence-electron chi connectivity index (χ2n) is 3.98. The molecule has 0 bridgehead atoms. The van der Waals surface area contributed by atoms with Crippen molar-refractivity contribution < 1.29 is 32.2 Å². The minimum absolute atomic E-state index is 0.461. The molecule has 1 aromatic carbocycles. The summed E-state index contributed by atoms with van der Waals surface area (Å²) in [6.45, 7) is 0. The van der Waals surface area contributed by atoms with Crippen molar-refractivity contribution >= 4 is 0 Å². The molecule has 102 valence electrons. The highest BCUT2D eigenvalue weighted by Gasteiger charge is 2.44. The van der Waals surface area contributed by atoms with Crippen molar-refractivity contribution in [3.63, 3.8) is 0 Å². The highest BCUT2D eigenvalue weighted by molar-refractivity contribution is 5.40. The van der Waals surface area contributed by atoms with Gasteiger partial charge < -0.3 is 10.2 Å². The molecule has 7 heteroatoms. The average molecular weight is 278 g/mol. The first kappa shape index (κ1) is 13.7. The van der Waals surface area contributed by atoms with Crippen molar-refractivity contribution in [1.82, 2.24) is 0 Å². The lowest BCUT2D eigenvalue weighted by Crippen LogP contribution is -2.41. The Hall–Kier alpha value is -1.73. The number of hydrogen-bond donors (Lipinski definition) is 2. The van der Waals surface area contributed by atoms with Crippen LogP contribution in [0.1, 0.15) is 5.56 Å². The third kappa shape index (κ3) is 1.95. The van der Waals surface area contributed by atoms with Gasteiger partial charge in [0.15, 0.2) is 29.1 Å². The molecule has 0 aliphatic heterocycles. The molecule has 1 aromatic rings. The predicted octanol–water partition coefficient (Wildman–Crippen LogP) is 2.37. The fourth-order valence-electron chi connectivity index (χ4n) is 1.77. The second kappa shape index (κ2) is 4.43. The van der Waals surface area contributed by atoms with E-state index in [0.717, 1.165) is 0 Å². The molecule has 2 nitrogen and oxygen atoms in total. The van der Waals surface area contributed by atoms with Crippen LogP contribution in [0.2, 0.25) is 0 Å². The lowest BCUT2D eigenvalue weighted by molar-refractivity contribution is -0.0406. The Kier molecular flexibility index (Phi) is 3.19. The summed E-state index contributed by atoms with van der Waals surface area (Å²) >= 11 is 0. The Balaban J connectivity index is 2.60. The molecular formula is C12H7F5O2. The molecule has 0 amide bonds. The molecule has 1 aliphatic carbocycles. The van der Waals surface area contributed by atoms with Gasteiger partial charge in [0, 0.05) is 5.56 Å². The van der Waals surface area contributed by atoms with Crippen LogP contribution in [0, 0.1) is 17.5 Å². The summed E-state index contributed by atoms with van der Waals surface area (Å²) in [5.74, 6) is -8.36. The SMILES string of the molecule is OC1C(F)=C(F)C=CC1(O)c1ccc(F)c(F)c1F. The zero-order chi connectivity index (χ0) is 14.4. The summed E-state index contributed by atoms with van der Waals surface area (Å²) in [5.41, 5.74) is -3.63. The van der Waals surface area contributed by atoms with Crippen LogP contribution in [0.15, 0.2) is 35.9 Å². The van der Waals surface area contributed by atoms with Crippen LogP contribution < -0.4 is 0 Å². The van der Waals surface area contributed by atoms with Crippen LogP contribution >= 0.6 is 0 Å². The molecule has 2 N–H and O–H groups in total. The number of benzene rings is 1. The number of hydrogen-bond acceptors (Lipinski definition) is 2. The fraction of sp³-hybridized carbons (Fsp3) is 0.167. The first-order valence-electron chi connectivity index (χ1n) is 5.08. The molecule has 0 fully saturated rings. The van der Waals surface area contributed by atoms with Gasteiger partial charge in [-0.2, -0.15) is 0 Å². The topological polar surface area (TPSA) is 40.5 Å². The van der Waals surface area contributed by atoms with Crippen molar-refractivity contribution in [2.45, 2.75) is 11.7 Å². The van der Waals surface area contributed by atoms with Crippen LogP contribution in [0.4, 0.5) is 22.0 Å². The quantitative estimate of drug-likeness (QED) is 0.611. The average Bonchev–Trinajstić information content (AvgIpc) is 2.38. The lowest BCUT2D eigenvalue weighted by atomic mass is 9.84. The number of allylic oxidation sites excluding steroid dienone is 2. The molecule has 0 saturated carbocycles. The highest BCUT2D eigenvalue weighted by Crippen LogP contribution is 2.38. The molecule has 19 heavy (non-hydrogen) atoms. The van der Waals surface area contributed by atoms with E-state index in [2.05, 4.69) is 0 Å². The second-order valence-corrected chi connectivity index (χ2v) is 3.98. The minimum atomic E-state index is -2.72. The Bertz CT molecular complexity index is 596. The van der Waals surface area contributed by atoms with Gasteiger partial charge in [-0.25, -0.2) is 22.0 Å². The predicted molar refractivity (Wildman–Crippen MR) is 54.6 cm³/mol. The standard InChI is InChI=1S/C12H7F5O2/c13-6-2-1-5(8(15)9(6)16)12(19)4-3-7(14)10(17)11(12)18/h1-4,11,18-19H. The van der Waals surface area contributed by atoms with Gasteiger partial charge in [0.2, 0.25) is 0 Å². The maximum Gasteiger partial charge on any atom is 0.194 e. The molecule has 0 heterocycles. The lowest BCUT2D eigenvalue weighted by Gasteiger charge is -2.32. The Morgan fingerprint density at radius 1 is 1.00 bits per heavy atom. The van der Waals surface area contributed by atoms with E-state index in [1.165, 1.54) is 0 Å². The maximum atomic E-state index is 13.5. The Morgan fingerprint density at radius 2 is 1.63 bits per heavy atom. The largest absolute Gasteiger partial charge is 0.382 e. The zero-order valence-corrected chi connectivity index (χ0v) is 9.17. The summed E-state index contributed by atoms with van der Waals surface area (Å²) in [7, 11) is 0. The van der Waals surface area contributed by atoms with E-state index in [4.69, 9.17) is 0 Å². The normalized spacial score (nSPS) is 27.0. The third-order valence-electron chi connectivity index (χ3n) is 2.84. The van der Waals surface area contributed by atoms with Gasteiger partial charge in [-0.15, -0.1) is 0 Å². The summed E-state index contributed by atoms with van der Waals surface area (Å²) < 4.78 is 65.4. The molecule has 0 saturated heterocycles. The zero-order valence-electron chi connectivity index (χ0n) is 9.17. The maximum absolute atomic E-state index is 13.5. The smallest absolute Gasteiger partial charge is 0.194 e. The van der Waals surface area contributed by atoms with Gasteiger partial charge in [0.05, 0.1) is 0 Å². The van der Waals surface area contributed by atoms with Crippen molar-refractivity contribution in [3.05, 3.63) is 59.0 Å². The molecule has 1 aliphatic rings. The van der Waals surface area contributed by atoms with Gasteiger partial charge in [-0.3, -0.25) is 0 Å². The van der Waals surface area contributed by atoms with E-state index in [9.17, 15) is 32.2 Å². The number of aliphatic hydroxyl groups excluding tert-OH is 1. The van der Waals surface area contributed by atoms with E-state index in [1.807, 2.05) is 0 Å².